The summed E-state index contributed by atoms with van der Waals surface area (Å²) in [6.45, 7) is 2.73. The predicted octanol–water partition coefficient (Wildman–Crippen LogP) is 5.99. The Morgan fingerprint density at radius 2 is 1.00 bits per heavy atom. The highest BCUT2D eigenvalue weighted by Gasteiger charge is 2.51. The summed E-state index contributed by atoms with van der Waals surface area (Å²) in [4.78, 5) is 13.0. The van der Waals surface area contributed by atoms with Crippen molar-refractivity contribution in [3.8, 4) is 0 Å². The molecule has 0 aromatic carbocycles. The lowest BCUT2D eigenvalue weighted by Gasteiger charge is -2.46. The lowest BCUT2D eigenvalue weighted by atomic mass is 9.97. The van der Waals surface area contributed by atoms with Gasteiger partial charge in [0.05, 0.1) is 32.0 Å². The van der Waals surface area contributed by atoms with Crippen molar-refractivity contribution in [2.45, 2.75) is 267 Å². The van der Waals surface area contributed by atoms with Gasteiger partial charge in [0.25, 0.3) is 0 Å². The van der Waals surface area contributed by atoms with Crippen molar-refractivity contribution in [2.24, 2.45) is 0 Å². The highest BCUT2D eigenvalue weighted by molar-refractivity contribution is 5.76. The molecule has 2 aliphatic heterocycles. The van der Waals surface area contributed by atoms with Crippen LogP contribution in [0.3, 0.4) is 0 Å². The van der Waals surface area contributed by atoms with Gasteiger partial charge in [0.15, 0.2) is 12.6 Å². The van der Waals surface area contributed by atoms with Gasteiger partial charge in [-0.1, -0.05) is 180 Å². The van der Waals surface area contributed by atoms with Crippen LogP contribution in [0.2, 0.25) is 0 Å². The molecule has 2 rings (SSSR count). The molecule has 2 fully saturated rings. The Morgan fingerprint density at radius 1 is 0.565 bits per heavy atom. The molecule has 12 atom stereocenters. The standard InChI is InChI=1S/C48H91NO13/c1-3-5-7-9-11-12-13-14-15-16-17-18-19-20-21-22-23-24-26-27-29-31-37(52)36(49-40(53)32-30-28-25-10-8-6-4-2)35-59-47-45(58)43(56)46(39(34-51)61-47)62-48-44(57)42(55)41(54)38(33-50)60-48/h29,31,36-39,41-48,50-52,54-58H,3-28,30,32-35H2,1-2H3,(H,49,53)/b31-29+. The quantitative estimate of drug-likeness (QED) is 0.0257. The number of allylic oxidation sites excluding steroid dienone is 1. The minimum absolute atomic E-state index is 0.246. The van der Waals surface area contributed by atoms with Gasteiger partial charge in [0, 0.05) is 6.42 Å². The highest BCUT2D eigenvalue weighted by atomic mass is 16.7. The molecule has 366 valence electrons. The van der Waals surface area contributed by atoms with E-state index >= 15 is 0 Å². The van der Waals surface area contributed by atoms with E-state index in [0.717, 1.165) is 38.5 Å². The zero-order chi connectivity index (χ0) is 45.4. The lowest BCUT2D eigenvalue weighted by molar-refractivity contribution is -0.359. The fraction of sp³-hybridized carbons (Fsp3) is 0.938. The first kappa shape index (κ1) is 56.9. The monoisotopic (exact) mass is 890 g/mol. The van der Waals surface area contributed by atoms with Crippen molar-refractivity contribution < 1.29 is 64.6 Å². The number of carbonyl (C=O) groups excluding carboxylic acids is 1. The van der Waals surface area contributed by atoms with E-state index in [1.807, 2.05) is 6.08 Å². The third kappa shape index (κ3) is 23.3. The topological polar surface area (TPSA) is 228 Å². The summed E-state index contributed by atoms with van der Waals surface area (Å²) in [6, 6.07) is -0.906. The van der Waals surface area contributed by atoms with Gasteiger partial charge in [-0.3, -0.25) is 4.79 Å². The summed E-state index contributed by atoms with van der Waals surface area (Å²) in [5.74, 6) is -0.246. The Balaban J connectivity index is 1.78. The molecule has 0 aromatic rings. The van der Waals surface area contributed by atoms with Crippen LogP contribution in [0.15, 0.2) is 12.2 Å². The van der Waals surface area contributed by atoms with E-state index in [2.05, 4.69) is 19.2 Å². The first-order chi connectivity index (χ1) is 30.1. The second-order valence-corrected chi connectivity index (χ2v) is 18.0. The number of hydrogen-bond donors (Lipinski definition) is 9. The minimum Gasteiger partial charge on any atom is -0.394 e. The van der Waals surface area contributed by atoms with Crippen LogP contribution in [0.25, 0.3) is 0 Å². The van der Waals surface area contributed by atoms with Gasteiger partial charge in [-0.25, -0.2) is 0 Å². The Hall–Kier alpha value is -1.27. The van der Waals surface area contributed by atoms with Crippen LogP contribution >= 0.6 is 0 Å². The molecule has 9 N–H and O–H groups in total. The first-order valence-corrected chi connectivity index (χ1v) is 24.9. The molecule has 2 heterocycles. The Morgan fingerprint density at radius 3 is 1.48 bits per heavy atom. The molecule has 12 unspecified atom stereocenters. The molecule has 0 aromatic heterocycles. The van der Waals surface area contributed by atoms with Crippen LogP contribution in [-0.4, -0.2) is 140 Å². The van der Waals surface area contributed by atoms with Gasteiger partial charge in [0.2, 0.25) is 5.91 Å². The summed E-state index contributed by atoms with van der Waals surface area (Å²) in [7, 11) is 0. The van der Waals surface area contributed by atoms with Crippen LogP contribution < -0.4 is 5.32 Å². The summed E-state index contributed by atoms with van der Waals surface area (Å²) in [5, 5.41) is 86.4. The molecule has 0 spiro atoms. The number of aliphatic hydroxyl groups excluding tert-OH is 8. The van der Waals surface area contributed by atoms with Gasteiger partial charge in [-0.05, 0) is 19.3 Å². The SMILES string of the molecule is CCCCCCCCCCCCCCCCCCCCC/C=C/C(O)C(COC1OC(CO)C(OC2OC(CO)C(O)C(O)C2O)C(O)C1O)NC(=O)CCCCCCCCC. The first-order valence-electron chi connectivity index (χ1n) is 24.9. The zero-order valence-corrected chi connectivity index (χ0v) is 38.6. The average Bonchev–Trinajstić information content (AvgIpc) is 3.27. The maximum absolute atomic E-state index is 13.0. The van der Waals surface area contributed by atoms with Crippen LogP contribution in [0, 0.1) is 0 Å². The summed E-state index contributed by atoms with van der Waals surface area (Å²) in [5.41, 5.74) is 0. The van der Waals surface area contributed by atoms with E-state index in [9.17, 15) is 45.6 Å². The molecule has 2 saturated heterocycles. The fourth-order valence-electron chi connectivity index (χ4n) is 8.35. The predicted molar refractivity (Wildman–Crippen MR) is 240 cm³/mol. The molecule has 1 amide bonds. The van der Waals surface area contributed by atoms with Gasteiger partial charge in [-0.2, -0.15) is 0 Å². The average molecular weight is 890 g/mol. The molecule has 14 heteroatoms. The molecule has 2 aliphatic rings. The van der Waals surface area contributed by atoms with Gasteiger partial charge in [-0.15, -0.1) is 0 Å². The number of nitrogens with one attached hydrogen (secondary N) is 1. The van der Waals surface area contributed by atoms with Gasteiger partial charge in [0.1, 0.15) is 48.8 Å². The number of rotatable bonds is 38. The van der Waals surface area contributed by atoms with Crippen molar-refractivity contribution >= 4 is 5.91 Å². The van der Waals surface area contributed by atoms with Crippen molar-refractivity contribution in [3.05, 3.63) is 12.2 Å². The smallest absolute Gasteiger partial charge is 0.220 e. The van der Waals surface area contributed by atoms with Crippen LogP contribution in [0.5, 0.6) is 0 Å². The number of carbonyl (C=O) groups is 1. The largest absolute Gasteiger partial charge is 0.394 e. The number of ether oxygens (including phenoxy) is 4. The van der Waals surface area contributed by atoms with Gasteiger partial charge < -0.3 is 65.1 Å². The molecule has 0 bridgehead atoms. The van der Waals surface area contributed by atoms with Gasteiger partial charge >= 0.3 is 0 Å². The van der Waals surface area contributed by atoms with Crippen molar-refractivity contribution in [2.75, 3.05) is 19.8 Å². The Bertz CT molecular complexity index is 1100. The summed E-state index contributed by atoms with van der Waals surface area (Å²) < 4.78 is 22.6. The summed E-state index contributed by atoms with van der Waals surface area (Å²) in [6.07, 6.45) is 20.0. The highest BCUT2D eigenvalue weighted by Crippen LogP contribution is 2.30. The molecule has 0 saturated carbocycles. The number of hydrogen-bond acceptors (Lipinski definition) is 13. The van der Waals surface area contributed by atoms with E-state index < -0.39 is 86.8 Å². The minimum atomic E-state index is -1.78. The normalized spacial score (nSPS) is 27.8. The second kappa shape index (κ2) is 35.9. The van der Waals surface area contributed by atoms with Crippen molar-refractivity contribution in [1.82, 2.24) is 5.32 Å². The fourth-order valence-corrected chi connectivity index (χ4v) is 8.35. The van der Waals surface area contributed by atoms with Crippen molar-refractivity contribution in [3.63, 3.8) is 0 Å². The number of amides is 1. The zero-order valence-electron chi connectivity index (χ0n) is 38.6. The molecule has 14 nitrogen and oxygen atoms in total. The van der Waals surface area contributed by atoms with Crippen LogP contribution in [0.4, 0.5) is 0 Å². The van der Waals surface area contributed by atoms with E-state index in [1.165, 1.54) is 128 Å². The number of aliphatic hydroxyl groups is 8. The molecular formula is C48H91NO13. The summed E-state index contributed by atoms with van der Waals surface area (Å²) >= 11 is 0. The second-order valence-electron chi connectivity index (χ2n) is 18.0. The maximum atomic E-state index is 13.0. The van der Waals surface area contributed by atoms with E-state index in [0.29, 0.717) is 6.42 Å². The lowest BCUT2D eigenvalue weighted by Crippen LogP contribution is -2.65. The third-order valence-corrected chi connectivity index (χ3v) is 12.5. The van der Waals surface area contributed by atoms with E-state index in [4.69, 9.17) is 18.9 Å². The van der Waals surface area contributed by atoms with Crippen LogP contribution in [0.1, 0.15) is 194 Å². The molecule has 0 aliphatic carbocycles. The maximum Gasteiger partial charge on any atom is 0.220 e. The van der Waals surface area contributed by atoms with Crippen LogP contribution in [-0.2, 0) is 23.7 Å². The van der Waals surface area contributed by atoms with Crippen molar-refractivity contribution in [1.29, 1.82) is 0 Å². The third-order valence-electron chi connectivity index (χ3n) is 12.5. The number of unbranched alkanes of at least 4 members (excludes halogenated alkanes) is 25. The Labute approximate surface area is 374 Å². The Kier molecular flexibility index (Phi) is 32.9. The van der Waals surface area contributed by atoms with E-state index in [1.54, 1.807) is 6.08 Å². The van der Waals surface area contributed by atoms with E-state index in [-0.39, 0.29) is 18.9 Å². The molecular weight excluding hydrogens is 799 g/mol. The molecule has 0 radical (unpaired) electrons. The molecule has 62 heavy (non-hydrogen) atoms.